The third kappa shape index (κ3) is 2.67. The number of rotatable bonds is 3. The van der Waals surface area contributed by atoms with Crippen LogP contribution in [0.4, 0.5) is 0 Å². The first-order valence-corrected chi connectivity index (χ1v) is 6.19. The molecule has 2 rings (SSSR count). The Balaban J connectivity index is 2.41. The Hall–Kier alpha value is -2.10. The second kappa shape index (κ2) is 5.26. The van der Waals surface area contributed by atoms with E-state index in [2.05, 4.69) is 4.74 Å². The standard InChI is InChI=1S/C15H17NO3/c1-10-8-14(17)12-9-11(5-7-15(18)19-3)4-6-13(12)16(10)2/h4,6,8-9H,5,7H2,1-3H3. The fourth-order valence-corrected chi connectivity index (χ4v) is 2.13. The summed E-state index contributed by atoms with van der Waals surface area (Å²) in [6, 6.07) is 7.37. The molecule has 0 unspecified atom stereocenters. The Morgan fingerprint density at radius 3 is 2.74 bits per heavy atom. The highest BCUT2D eigenvalue weighted by molar-refractivity contribution is 5.80. The summed E-state index contributed by atoms with van der Waals surface area (Å²) in [4.78, 5) is 23.1. The van der Waals surface area contributed by atoms with Gasteiger partial charge in [0.25, 0.3) is 0 Å². The molecule has 4 nitrogen and oxygen atoms in total. The van der Waals surface area contributed by atoms with E-state index in [0.717, 1.165) is 16.8 Å². The van der Waals surface area contributed by atoms with Gasteiger partial charge in [-0.1, -0.05) is 6.07 Å². The molecule has 2 aromatic rings. The second-order valence-corrected chi connectivity index (χ2v) is 4.64. The van der Waals surface area contributed by atoms with Gasteiger partial charge in [0.15, 0.2) is 5.43 Å². The summed E-state index contributed by atoms with van der Waals surface area (Å²) in [6.07, 6.45) is 0.911. The number of fused-ring (bicyclic) bond motifs is 1. The van der Waals surface area contributed by atoms with Gasteiger partial charge in [-0.25, -0.2) is 0 Å². The molecule has 0 N–H and O–H groups in total. The van der Waals surface area contributed by atoms with Crippen LogP contribution in [0.25, 0.3) is 10.9 Å². The molecule has 0 radical (unpaired) electrons. The number of aryl methyl sites for hydroxylation is 3. The Morgan fingerprint density at radius 2 is 2.05 bits per heavy atom. The van der Waals surface area contributed by atoms with Gasteiger partial charge in [-0.3, -0.25) is 9.59 Å². The molecule has 0 aliphatic carbocycles. The normalized spacial score (nSPS) is 10.7. The maximum absolute atomic E-state index is 12.0. The summed E-state index contributed by atoms with van der Waals surface area (Å²) in [6.45, 7) is 1.91. The van der Waals surface area contributed by atoms with Crippen LogP contribution in [-0.2, 0) is 23.0 Å². The number of aromatic nitrogens is 1. The summed E-state index contributed by atoms with van der Waals surface area (Å²) in [5, 5.41) is 0.690. The number of hydrogen-bond acceptors (Lipinski definition) is 3. The SMILES string of the molecule is COC(=O)CCc1ccc2c(c1)c(=O)cc(C)n2C. The zero-order valence-corrected chi connectivity index (χ0v) is 11.4. The van der Waals surface area contributed by atoms with Crippen molar-refractivity contribution in [1.29, 1.82) is 0 Å². The Kier molecular flexibility index (Phi) is 3.69. The summed E-state index contributed by atoms with van der Waals surface area (Å²) in [5.74, 6) is -0.239. The lowest BCUT2D eigenvalue weighted by molar-refractivity contribution is -0.140. The van der Waals surface area contributed by atoms with Crippen LogP contribution >= 0.6 is 0 Å². The molecule has 4 heteroatoms. The zero-order valence-electron chi connectivity index (χ0n) is 11.4. The molecule has 0 fully saturated rings. The van der Waals surface area contributed by atoms with Crippen molar-refractivity contribution in [1.82, 2.24) is 4.57 Å². The van der Waals surface area contributed by atoms with Crippen LogP contribution in [0.3, 0.4) is 0 Å². The molecule has 1 aromatic heterocycles. The first-order chi connectivity index (χ1) is 9.02. The predicted molar refractivity (Wildman–Crippen MR) is 74.3 cm³/mol. The second-order valence-electron chi connectivity index (χ2n) is 4.64. The van der Waals surface area contributed by atoms with Crippen molar-refractivity contribution < 1.29 is 9.53 Å². The lowest BCUT2D eigenvalue weighted by Crippen LogP contribution is -2.09. The molecule has 0 saturated heterocycles. The van der Waals surface area contributed by atoms with Crippen LogP contribution in [-0.4, -0.2) is 17.6 Å². The van der Waals surface area contributed by atoms with Crippen molar-refractivity contribution >= 4 is 16.9 Å². The lowest BCUT2D eigenvalue weighted by Gasteiger charge is -2.10. The van der Waals surface area contributed by atoms with Crippen molar-refractivity contribution in [3.05, 3.63) is 45.7 Å². The highest BCUT2D eigenvalue weighted by atomic mass is 16.5. The summed E-state index contributed by atoms with van der Waals surface area (Å²) < 4.78 is 6.60. The van der Waals surface area contributed by atoms with Gasteiger partial charge in [0.2, 0.25) is 0 Å². The maximum Gasteiger partial charge on any atom is 0.305 e. The number of carbonyl (C=O) groups is 1. The van der Waals surface area contributed by atoms with Gasteiger partial charge < -0.3 is 9.30 Å². The number of esters is 1. The molecule has 0 bridgehead atoms. The van der Waals surface area contributed by atoms with Crippen LogP contribution in [0.1, 0.15) is 17.7 Å². The number of pyridine rings is 1. The third-order valence-corrected chi connectivity index (χ3v) is 3.40. The Morgan fingerprint density at radius 1 is 1.32 bits per heavy atom. The molecule has 0 aliphatic rings. The Labute approximate surface area is 111 Å². The van der Waals surface area contributed by atoms with Crippen molar-refractivity contribution in [3.63, 3.8) is 0 Å². The highest BCUT2D eigenvalue weighted by Gasteiger charge is 2.06. The van der Waals surface area contributed by atoms with E-state index in [1.165, 1.54) is 7.11 Å². The van der Waals surface area contributed by atoms with Gasteiger partial charge in [-0.15, -0.1) is 0 Å². The van der Waals surface area contributed by atoms with Crippen LogP contribution in [0.2, 0.25) is 0 Å². The maximum atomic E-state index is 12.0. The van der Waals surface area contributed by atoms with Gasteiger partial charge in [-0.2, -0.15) is 0 Å². The predicted octanol–water partition coefficient (Wildman–Crippen LogP) is 1.95. The van der Waals surface area contributed by atoms with Crippen LogP contribution in [0, 0.1) is 6.92 Å². The number of carbonyl (C=O) groups excluding carboxylic acids is 1. The third-order valence-electron chi connectivity index (χ3n) is 3.40. The summed E-state index contributed by atoms with van der Waals surface area (Å²) >= 11 is 0. The molecule has 0 saturated carbocycles. The molecule has 100 valence electrons. The van der Waals surface area contributed by atoms with E-state index < -0.39 is 0 Å². The van der Waals surface area contributed by atoms with Gasteiger partial charge in [0, 0.05) is 30.6 Å². The van der Waals surface area contributed by atoms with Crippen molar-refractivity contribution in [3.8, 4) is 0 Å². The highest BCUT2D eigenvalue weighted by Crippen LogP contribution is 2.15. The number of benzene rings is 1. The van der Waals surface area contributed by atoms with Crippen LogP contribution < -0.4 is 5.43 Å². The molecular weight excluding hydrogens is 242 g/mol. The molecular formula is C15H17NO3. The van der Waals surface area contributed by atoms with Crippen LogP contribution in [0.15, 0.2) is 29.1 Å². The molecule has 0 spiro atoms. The molecule has 19 heavy (non-hydrogen) atoms. The van der Waals surface area contributed by atoms with E-state index in [0.29, 0.717) is 18.2 Å². The van der Waals surface area contributed by atoms with Gasteiger partial charge in [-0.05, 0) is 31.0 Å². The zero-order chi connectivity index (χ0) is 14.0. The fourth-order valence-electron chi connectivity index (χ4n) is 2.13. The summed E-state index contributed by atoms with van der Waals surface area (Å²) in [7, 11) is 3.31. The van der Waals surface area contributed by atoms with Gasteiger partial charge >= 0.3 is 5.97 Å². The minimum atomic E-state index is -0.239. The molecule has 1 heterocycles. The molecule has 0 amide bonds. The number of ether oxygens (including phenoxy) is 1. The summed E-state index contributed by atoms with van der Waals surface area (Å²) in [5.41, 5.74) is 2.83. The molecule has 0 aliphatic heterocycles. The van der Waals surface area contributed by atoms with Gasteiger partial charge in [0.05, 0.1) is 12.6 Å². The molecule has 1 aromatic carbocycles. The van der Waals surface area contributed by atoms with E-state index in [4.69, 9.17) is 0 Å². The average molecular weight is 259 g/mol. The smallest absolute Gasteiger partial charge is 0.305 e. The minimum absolute atomic E-state index is 0.0190. The van der Waals surface area contributed by atoms with Gasteiger partial charge in [0.1, 0.15) is 0 Å². The molecule has 0 atom stereocenters. The first-order valence-electron chi connectivity index (χ1n) is 6.19. The van der Waals surface area contributed by atoms with E-state index >= 15 is 0 Å². The number of nitrogens with zero attached hydrogens (tertiary/aromatic N) is 1. The van der Waals surface area contributed by atoms with Crippen molar-refractivity contribution in [2.24, 2.45) is 7.05 Å². The van der Waals surface area contributed by atoms with Crippen molar-refractivity contribution in [2.45, 2.75) is 19.8 Å². The van der Waals surface area contributed by atoms with E-state index in [9.17, 15) is 9.59 Å². The van der Waals surface area contributed by atoms with E-state index in [-0.39, 0.29) is 11.4 Å². The van der Waals surface area contributed by atoms with E-state index in [1.807, 2.05) is 36.7 Å². The van der Waals surface area contributed by atoms with E-state index in [1.54, 1.807) is 6.07 Å². The van der Waals surface area contributed by atoms with Crippen LogP contribution in [0.5, 0.6) is 0 Å². The lowest BCUT2D eigenvalue weighted by atomic mass is 10.1. The monoisotopic (exact) mass is 259 g/mol. The van der Waals surface area contributed by atoms with Crippen molar-refractivity contribution in [2.75, 3.05) is 7.11 Å². The Bertz CT molecular complexity index is 686. The minimum Gasteiger partial charge on any atom is -0.469 e. The largest absolute Gasteiger partial charge is 0.469 e. The average Bonchev–Trinajstić information content (AvgIpc) is 2.42. The fraction of sp³-hybridized carbons (Fsp3) is 0.333. The number of methoxy groups -OCH3 is 1. The number of hydrogen-bond donors (Lipinski definition) is 0. The topological polar surface area (TPSA) is 48.3 Å². The first kappa shape index (κ1) is 13.3. The quantitative estimate of drug-likeness (QED) is 0.792.